The van der Waals surface area contributed by atoms with Gasteiger partial charge in [-0.15, -0.1) is 0 Å². The molecule has 5 amide bonds. The van der Waals surface area contributed by atoms with E-state index < -0.39 is 36.0 Å². The molecular weight excluding hydrogens is 514 g/mol. The van der Waals surface area contributed by atoms with Gasteiger partial charge in [0.15, 0.2) is 0 Å². The first-order valence-electron chi connectivity index (χ1n) is 14.5. The molecule has 0 aromatic heterocycles. The highest BCUT2D eigenvalue weighted by Gasteiger charge is 2.49. The Kier molecular flexibility index (Phi) is 12.0. The number of carbonyl (C=O) groups is 4. The van der Waals surface area contributed by atoms with Crippen LogP contribution in [0.25, 0.3) is 0 Å². The number of hydrogen-bond acceptors (Lipinski definition) is 6. The molecular formula is C29H45N5O6. The fourth-order valence-corrected chi connectivity index (χ4v) is 5.59. The number of rotatable bonds is 13. The van der Waals surface area contributed by atoms with E-state index in [-0.39, 0.29) is 25.5 Å². The van der Waals surface area contributed by atoms with Crippen LogP contribution in [0.3, 0.4) is 0 Å². The first kappa shape index (κ1) is 31.2. The standard InChI is InChI=1S/C29H45N5O6/c1-18(2)25(34-29(39)40-17-23-21-8-5-3-4-6-9-22(21)23)27(37)33-24(10-7-15-31-28(30)38)26(36)32-20-13-11-19(16-35)12-14-20/h11-14,18,21-25,35H,3-10,15-17H2,1-2H3,(H,32,36)(H,33,37)(H,34,39)(H3,30,31,38)/t21-,22+,23?,24-,25-/m0/s1. The Labute approximate surface area is 236 Å². The summed E-state index contributed by atoms with van der Waals surface area (Å²) in [7, 11) is 0. The number of alkyl carbamates (subject to hydrolysis) is 1. The van der Waals surface area contributed by atoms with Gasteiger partial charge < -0.3 is 36.8 Å². The lowest BCUT2D eigenvalue weighted by atomic mass is 10.0. The zero-order valence-corrected chi connectivity index (χ0v) is 23.6. The quantitative estimate of drug-likeness (QED) is 0.203. The number of aliphatic hydroxyl groups excluding tert-OH is 1. The summed E-state index contributed by atoms with van der Waals surface area (Å²) in [4.78, 5) is 50.0. The van der Waals surface area contributed by atoms with Gasteiger partial charge >= 0.3 is 12.1 Å². The molecule has 0 saturated heterocycles. The van der Waals surface area contributed by atoms with Crippen LogP contribution in [0.4, 0.5) is 15.3 Å². The predicted octanol–water partition coefficient (Wildman–Crippen LogP) is 3.02. The van der Waals surface area contributed by atoms with E-state index >= 15 is 0 Å². The van der Waals surface area contributed by atoms with Crippen molar-refractivity contribution in [3.05, 3.63) is 29.8 Å². The molecule has 7 N–H and O–H groups in total. The van der Waals surface area contributed by atoms with Gasteiger partial charge in [0.1, 0.15) is 12.1 Å². The normalized spacial score (nSPS) is 21.6. The second-order valence-corrected chi connectivity index (χ2v) is 11.3. The van der Waals surface area contributed by atoms with Crippen LogP contribution in [0.15, 0.2) is 24.3 Å². The molecule has 11 nitrogen and oxygen atoms in total. The van der Waals surface area contributed by atoms with Gasteiger partial charge in [0.05, 0.1) is 13.2 Å². The summed E-state index contributed by atoms with van der Waals surface area (Å²) in [5, 5.41) is 19.9. The Balaban J connectivity index is 1.56. The van der Waals surface area contributed by atoms with Gasteiger partial charge in [-0.2, -0.15) is 0 Å². The van der Waals surface area contributed by atoms with E-state index in [1.807, 2.05) is 13.8 Å². The van der Waals surface area contributed by atoms with Crippen LogP contribution in [0.5, 0.6) is 0 Å². The number of hydrogen-bond donors (Lipinski definition) is 6. The van der Waals surface area contributed by atoms with Crippen molar-refractivity contribution in [1.29, 1.82) is 0 Å². The highest BCUT2D eigenvalue weighted by Crippen LogP contribution is 2.53. The minimum atomic E-state index is -0.929. The van der Waals surface area contributed by atoms with Gasteiger partial charge in [-0.25, -0.2) is 9.59 Å². The van der Waals surface area contributed by atoms with E-state index in [9.17, 15) is 24.3 Å². The van der Waals surface area contributed by atoms with E-state index in [0.29, 0.717) is 42.0 Å². The lowest BCUT2D eigenvalue weighted by molar-refractivity contribution is -0.128. The van der Waals surface area contributed by atoms with Crippen molar-refractivity contribution in [2.75, 3.05) is 18.5 Å². The first-order valence-corrected chi connectivity index (χ1v) is 14.5. The minimum absolute atomic E-state index is 0.117. The van der Waals surface area contributed by atoms with Crippen LogP contribution < -0.4 is 27.0 Å². The van der Waals surface area contributed by atoms with Crippen molar-refractivity contribution in [2.45, 2.75) is 83.9 Å². The number of benzene rings is 1. The number of carbonyl (C=O) groups excluding carboxylic acids is 4. The number of nitrogens with one attached hydrogen (secondary N) is 4. The zero-order chi connectivity index (χ0) is 29.1. The minimum Gasteiger partial charge on any atom is -0.449 e. The number of primary amides is 1. The summed E-state index contributed by atoms with van der Waals surface area (Å²) >= 11 is 0. The summed E-state index contributed by atoms with van der Waals surface area (Å²) < 4.78 is 5.54. The molecule has 2 aliphatic rings. The number of anilines is 1. The number of amides is 5. The molecule has 222 valence electrons. The van der Waals surface area contributed by atoms with Crippen LogP contribution in [-0.2, 0) is 20.9 Å². The molecule has 1 aromatic rings. The topological polar surface area (TPSA) is 172 Å². The molecule has 2 aliphatic carbocycles. The molecule has 1 unspecified atom stereocenters. The van der Waals surface area contributed by atoms with Crippen LogP contribution in [-0.4, -0.2) is 54.3 Å². The highest BCUT2D eigenvalue weighted by atomic mass is 16.5. The number of fused-ring (bicyclic) bond motifs is 1. The summed E-state index contributed by atoms with van der Waals surface area (Å²) in [6, 6.07) is 4.18. The molecule has 2 fully saturated rings. The smallest absolute Gasteiger partial charge is 0.407 e. The maximum Gasteiger partial charge on any atom is 0.407 e. The lowest BCUT2D eigenvalue weighted by Crippen LogP contribution is -2.54. The third-order valence-corrected chi connectivity index (χ3v) is 7.97. The maximum absolute atomic E-state index is 13.3. The molecule has 40 heavy (non-hydrogen) atoms. The number of urea groups is 1. The molecule has 0 radical (unpaired) electrons. The highest BCUT2D eigenvalue weighted by molar-refractivity contribution is 5.98. The van der Waals surface area contributed by atoms with E-state index in [1.165, 1.54) is 38.5 Å². The summed E-state index contributed by atoms with van der Waals surface area (Å²) in [5.41, 5.74) is 6.33. The maximum atomic E-state index is 13.3. The van der Waals surface area contributed by atoms with Gasteiger partial charge in [-0.05, 0) is 67.1 Å². The van der Waals surface area contributed by atoms with E-state index in [4.69, 9.17) is 10.5 Å². The number of ether oxygens (including phenoxy) is 1. The third-order valence-electron chi connectivity index (χ3n) is 7.97. The van der Waals surface area contributed by atoms with Crippen molar-refractivity contribution < 1.29 is 29.0 Å². The van der Waals surface area contributed by atoms with Crippen molar-refractivity contribution in [2.24, 2.45) is 29.4 Å². The van der Waals surface area contributed by atoms with Crippen LogP contribution in [0.2, 0.25) is 0 Å². The van der Waals surface area contributed by atoms with Gasteiger partial charge in [0.2, 0.25) is 11.8 Å². The van der Waals surface area contributed by atoms with Crippen LogP contribution in [0.1, 0.15) is 70.8 Å². The van der Waals surface area contributed by atoms with Crippen molar-refractivity contribution in [1.82, 2.24) is 16.0 Å². The first-order chi connectivity index (χ1) is 19.2. The Bertz CT molecular complexity index is 987. The fraction of sp³-hybridized carbons (Fsp3) is 0.655. The molecule has 0 bridgehead atoms. The van der Waals surface area contributed by atoms with Gasteiger partial charge in [-0.3, -0.25) is 9.59 Å². The predicted molar refractivity (Wildman–Crippen MR) is 151 cm³/mol. The molecule has 3 rings (SSSR count). The zero-order valence-electron chi connectivity index (χ0n) is 23.6. The second-order valence-electron chi connectivity index (χ2n) is 11.3. The monoisotopic (exact) mass is 559 g/mol. The molecule has 11 heteroatoms. The van der Waals surface area contributed by atoms with Gasteiger partial charge in [0.25, 0.3) is 0 Å². The second kappa shape index (κ2) is 15.4. The van der Waals surface area contributed by atoms with E-state index in [2.05, 4.69) is 21.3 Å². The van der Waals surface area contributed by atoms with E-state index in [0.717, 1.165) is 0 Å². The molecule has 5 atom stereocenters. The molecule has 0 heterocycles. The summed E-state index contributed by atoms with van der Waals surface area (Å²) in [6.45, 7) is 4.10. The number of aliphatic hydroxyl groups is 1. The fourth-order valence-electron chi connectivity index (χ4n) is 5.59. The van der Waals surface area contributed by atoms with Crippen molar-refractivity contribution in [3.63, 3.8) is 0 Å². The summed E-state index contributed by atoms with van der Waals surface area (Å²) in [6.07, 6.45) is 7.40. The molecule has 2 saturated carbocycles. The third kappa shape index (κ3) is 9.69. The lowest BCUT2D eigenvalue weighted by Gasteiger charge is -2.25. The Morgan fingerprint density at radius 1 is 0.975 bits per heavy atom. The average Bonchev–Trinajstić information content (AvgIpc) is 3.56. The average molecular weight is 560 g/mol. The Morgan fingerprint density at radius 3 is 2.20 bits per heavy atom. The number of nitrogens with two attached hydrogens (primary N) is 1. The molecule has 0 spiro atoms. The van der Waals surface area contributed by atoms with Crippen LogP contribution in [0, 0.1) is 23.7 Å². The van der Waals surface area contributed by atoms with E-state index in [1.54, 1.807) is 24.3 Å². The molecule has 0 aliphatic heterocycles. The molecule has 1 aromatic carbocycles. The largest absolute Gasteiger partial charge is 0.449 e. The van der Waals surface area contributed by atoms with Crippen LogP contribution >= 0.6 is 0 Å². The summed E-state index contributed by atoms with van der Waals surface area (Å²) in [5.74, 6) is 0.482. The van der Waals surface area contributed by atoms with Gasteiger partial charge in [0, 0.05) is 12.2 Å². The van der Waals surface area contributed by atoms with Crippen molar-refractivity contribution >= 4 is 29.6 Å². The Morgan fingerprint density at radius 2 is 1.62 bits per heavy atom. The SMILES string of the molecule is CC(C)[C@H](NC(=O)OCC1[C@H]2CCCCCC[C@@H]12)C(=O)N[C@@H](CCCNC(N)=O)C(=O)Nc1ccc(CO)cc1. The Hall–Kier alpha value is -3.34. The van der Waals surface area contributed by atoms with Gasteiger partial charge in [-0.1, -0.05) is 51.7 Å². The van der Waals surface area contributed by atoms with Crippen molar-refractivity contribution in [3.8, 4) is 0 Å².